The molecule has 2 aliphatic rings. The van der Waals surface area contributed by atoms with Crippen LogP contribution < -0.4 is 5.32 Å². The molecule has 2 heterocycles. The van der Waals surface area contributed by atoms with Crippen LogP contribution in [-0.2, 0) is 0 Å². The van der Waals surface area contributed by atoms with Crippen LogP contribution in [0.1, 0.15) is 20.3 Å². The number of hydrogen-bond acceptors (Lipinski definition) is 3. The highest BCUT2D eigenvalue weighted by Crippen LogP contribution is 2.40. The molecule has 1 N–H and O–H groups in total. The summed E-state index contributed by atoms with van der Waals surface area (Å²) in [7, 11) is 4.32. The van der Waals surface area contributed by atoms with Gasteiger partial charge >= 0.3 is 0 Å². The predicted molar refractivity (Wildman–Crippen MR) is 68.7 cm³/mol. The van der Waals surface area contributed by atoms with Crippen LogP contribution >= 0.6 is 0 Å². The molecule has 94 valence electrons. The van der Waals surface area contributed by atoms with Crippen molar-refractivity contribution < 1.29 is 0 Å². The Morgan fingerprint density at radius 2 is 2.06 bits per heavy atom. The van der Waals surface area contributed by atoms with Gasteiger partial charge in [-0.2, -0.15) is 0 Å². The normalized spacial score (nSPS) is 33.6. The molecule has 0 saturated carbocycles. The van der Waals surface area contributed by atoms with Gasteiger partial charge in [0.15, 0.2) is 0 Å². The zero-order valence-corrected chi connectivity index (χ0v) is 11.3. The fourth-order valence-corrected chi connectivity index (χ4v) is 3.46. The fraction of sp³-hybridized carbons (Fsp3) is 1.00. The molecule has 2 fully saturated rings. The van der Waals surface area contributed by atoms with Crippen molar-refractivity contribution in [3.8, 4) is 0 Å². The Labute approximate surface area is 100 Å². The first-order valence-electron chi connectivity index (χ1n) is 6.62. The summed E-state index contributed by atoms with van der Waals surface area (Å²) in [6.07, 6.45) is 1.29. The van der Waals surface area contributed by atoms with Gasteiger partial charge in [0.1, 0.15) is 0 Å². The molecule has 2 saturated heterocycles. The molecule has 16 heavy (non-hydrogen) atoms. The minimum atomic E-state index is 0.403. The molecule has 0 aliphatic carbocycles. The van der Waals surface area contributed by atoms with E-state index in [1.54, 1.807) is 0 Å². The predicted octanol–water partition coefficient (Wildman–Crippen LogP) is 0.868. The van der Waals surface area contributed by atoms with Crippen LogP contribution in [0.2, 0.25) is 0 Å². The second-order valence-electron chi connectivity index (χ2n) is 6.28. The Hall–Kier alpha value is -0.120. The van der Waals surface area contributed by atoms with Gasteiger partial charge in [-0.1, -0.05) is 0 Å². The summed E-state index contributed by atoms with van der Waals surface area (Å²) in [6, 6.07) is 0. The Bertz CT molecular complexity index is 237. The summed E-state index contributed by atoms with van der Waals surface area (Å²) in [4.78, 5) is 5.00. The highest BCUT2D eigenvalue weighted by Gasteiger charge is 2.48. The highest BCUT2D eigenvalue weighted by molar-refractivity contribution is 5.04. The van der Waals surface area contributed by atoms with Gasteiger partial charge in [0, 0.05) is 18.6 Å². The van der Waals surface area contributed by atoms with Gasteiger partial charge in [-0.05, 0) is 65.8 Å². The minimum Gasteiger partial charge on any atom is -0.316 e. The van der Waals surface area contributed by atoms with Gasteiger partial charge in [0.2, 0.25) is 0 Å². The van der Waals surface area contributed by atoms with Crippen molar-refractivity contribution in [2.75, 3.05) is 46.8 Å². The highest BCUT2D eigenvalue weighted by atomic mass is 15.2. The van der Waals surface area contributed by atoms with Gasteiger partial charge in [0.25, 0.3) is 0 Å². The maximum atomic E-state index is 3.54. The lowest BCUT2D eigenvalue weighted by Gasteiger charge is -2.35. The quantitative estimate of drug-likeness (QED) is 0.766. The molecule has 2 aliphatic heterocycles. The van der Waals surface area contributed by atoms with E-state index < -0.39 is 0 Å². The zero-order valence-electron chi connectivity index (χ0n) is 11.3. The average Bonchev–Trinajstić information content (AvgIpc) is 2.71. The molecule has 3 nitrogen and oxygen atoms in total. The first kappa shape index (κ1) is 12.3. The molecule has 0 bridgehead atoms. The van der Waals surface area contributed by atoms with E-state index in [0.29, 0.717) is 5.54 Å². The molecular weight excluding hydrogens is 198 g/mol. The molecule has 0 radical (unpaired) electrons. The minimum absolute atomic E-state index is 0.403. The molecule has 2 atom stereocenters. The third-order valence-electron chi connectivity index (χ3n) is 4.55. The molecule has 3 heteroatoms. The maximum absolute atomic E-state index is 3.54. The van der Waals surface area contributed by atoms with E-state index in [1.807, 2.05) is 0 Å². The lowest BCUT2D eigenvalue weighted by atomic mass is 9.85. The van der Waals surface area contributed by atoms with Gasteiger partial charge in [-0.15, -0.1) is 0 Å². The van der Waals surface area contributed by atoms with Crippen molar-refractivity contribution in [2.45, 2.75) is 25.8 Å². The Balaban J connectivity index is 1.86. The van der Waals surface area contributed by atoms with E-state index in [1.165, 1.54) is 39.1 Å². The topological polar surface area (TPSA) is 18.5 Å². The first-order valence-corrected chi connectivity index (χ1v) is 6.62. The van der Waals surface area contributed by atoms with Crippen LogP contribution in [0.25, 0.3) is 0 Å². The molecule has 2 unspecified atom stereocenters. The number of fused-ring (bicyclic) bond motifs is 1. The largest absolute Gasteiger partial charge is 0.316 e. The zero-order chi connectivity index (χ0) is 11.8. The number of rotatable bonds is 4. The summed E-state index contributed by atoms with van der Waals surface area (Å²) in [5.41, 5.74) is 0.403. The molecular formula is C13H27N3. The van der Waals surface area contributed by atoms with E-state index >= 15 is 0 Å². The fourth-order valence-electron chi connectivity index (χ4n) is 3.46. The summed E-state index contributed by atoms with van der Waals surface area (Å²) >= 11 is 0. The van der Waals surface area contributed by atoms with Crippen molar-refractivity contribution in [1.29, 1.82) is 0 Å². The van der Waals surface area contributed by atoms with E-state index in [4.69, 9.17) is 0 Å². The number of likely N-dealkylation sites (tertiary alicyclic amines) is 1. The van der Waals surface area contributed by atoms with Crippen molar-refractivity contribution in [3.63, 3.8) is 0 Å². The molecule has 0 aromatic heterocycles. The Kier molecular flexibility index (Phi) is 3.57. The van der Waals surface area contributed by atoms with E-state index in [9.17, 15) is 0 Å². The van der Waals surface area contributed by atoms with Gasteiger partial charge in [-0.25, -0.2) is 0 Å². The Morgan fingerprint density at radius 1 is 1.31 bits per heavy atom. The van der Waals surface area contributed by atoms with Crippen molar-refractivity contribution in [3.05, 3.63) is 0 Å². The van der Waals surface area contributed by atoms with Gasteiger partial charge in [-0.3, -0.25) is 4.90 Å². The summed E-state index contributed by atoms with van der Waals surface area (Å²) in [5.74, 6) is 1.77. The molecule has 0 aromatic carbocycles. The SMILES string of the molecule is CN(C)CCCN1CC2CNCC2C1(C)C. The van der Waals surface area contributed by atoms with Gasteiger partial charge < -0.3 is 10.2 Å². The standard InChI is InChI=1S/C13H27N3/c1-13(2)12-9-14-8-11(12)10-16(13)7-5-6-15(3)4/h11-12,14H,5-10H2,1-4H3. The van der Waals surface area contributed by atoms with E-state index in [-0.39, 0.29) is 0 Å². The van der Waals surface area contributed by atoms with Crippen LogP contribution in [0.3, 0.4) is 0 Å². The number of hydrogen-bond donors (Lipinski definition) is 1. The molecule has 2 rings (SSSR count). The van der Waals surface area contributed by atoms with Crippen LogP contribution in [0.4, 0.5) is 0 Å². The lowest BCUT2D eigenvalue weighted by Crippen LogP contribution is -2.45. The molecule has 0 aromatic rings. The molecule has 0 amide bonds. The van der Waals surface area contributed by atoms with Crippen LogP contribution in [0.5, 0.6) is 0 Å². The van der Waals surface area contributed by atoms with Crippen LogP contribution in [0.15, 0.2) is 0 Å². The first-order chi connectivity index (χ1) is 7.51. The molecule has 0 spiro atoms. The summed E-state index contributed by atoms with van der Waals surface area (Å²) in [5, 5.41) is 3.54. The average molecular weight is 225 g/mol. The van der Waals surface area contributed by atoms with Gasteiger partial charge in [0.05, 0.1) is 0 Å². The van der Waals surface area contributed by atoms with E-state index in [2.05, 4.69) is 43.1 Å². The summed E-state index contributed by atoms with van der Waals surface area (Å²) < 4.78 is 0. The number of nitrogens with one attached hydrogen (secondary N) is 1. The third-order valence-corrected chi connectivity index (χ3v) is 4.55. The van der Waals surface area contributed by atoms with Crippen LogP contribution in [-0.4, -0.2) is 62.2 Å². The van der Waals surface area contributed by atoms with E-state index in [0.717, 1.165) is 11.8 Å². The smallest absolute Gasteiger partial charge is 0.0197 e. The van der Waals surface area contributed by atoms with Crippen molar-refractivity contribution >= 4 is 0 Å². The monoisotopic (exact) mass is 225 g/mol. The van der Waals surface area contributed by atoms with Crippen molar-refractivity contribution in [1.82, 2.24) is 15.1 Å². The maximum Gasteiger partial charge on any atom is 0.0197 e. The Morgan fingerprint density at radius 3 is 2.69 bits per heavy atom. The summed E-state index contributed by atoms with van der Waals surface area (Å²) in [6.45, 7) is 11.1. The second-order valence-corrected chi connectivity index (χ2v) is 6.28. The van der Waals surface area contributed by atoms with Crippen LogP contribution in [0, 0.1) is 11.8 Å². The van der Waals surface area contributed by atoms with Crippen molar-refractivity contribution in [2.24, 2.45) is 11.8 Å². The lowest BCUT2D eigenvalue weighted by molar-refractivity contribution is 0.134. The number of nitrogens with zero attached hydrogens (tertiary/aromatic N) is 2. The second kappa shape index (κ2) is 4.63. The third kappa shape index (κ3) is 2.27.